The van der Waals surface area contributed by atoms with E-state index in [4.69, 9.17) is 27.9 Å². The van der Waals surface area contributed by atoms with Gasteiger partial charge in [-0.1, -0.05) is 41.9 Å². The Hall–Kier alpha value is -3.01. The number of hydrogen-bond acceptors (Lipinski definition) is 4. The van der Waals surface area contributed by atoms with E-state index in [0.29, 0.717) is 33.5 Å². The molecule has 30 heavy (non-hydrogen) atoms. The Morgan fingerprint density at radius 3 is 2.53 bits per heavy atom. The van der Waals surface area contributed by atoms with Crippen molar-refractivity contribution in [3.05, 3.63) is 64.7 Å². The third kappa shape index (κ3) is 4.28. The Morgan fingerprint density at radius 1 is 1.23 bits per heavy atom. The summed E-state index contributed by atoms with van der Waals surface area (Å²) in [6.07, 6.45) is 1.17. The van der Waals surface area contributed by atoms with Crippen molar-refractivity contribution in [2.24, 2.45) is 0 Å². The van der Waals surface area contributed by atoms with Crippen LogP contribution in [0.5, 0.6) is 5.75 Å². The van der Waals surface area contributed by atoms with E-state index in [2.05, 4.69) is 12.6 Å². The molecule has 2 aromatic carbocycles. The smallest absolute Gasteiger partial charge is 0.257 e. The highest BCUT2D eigenvalue weighted by atomic mass is 35.5. The highest BCUT2D eigenvalue weighted by molar-refractivity contribution is 6.34. The summed E-state index contributed by atoms with van der Waals surface area (Å²) < 4.78 is 5.38. The third-order valence-corrected chi connectivity index (χ3v) is 5.51. The zero-order chi connectivity index (χ0) is 21.8. The molecule has 2 aromatic rings. The molecule has 1 aliphatic heterocycles. The molecule has 1 fully saturated rings. The highest BCUT2D eigenvalue weighted by Gasteiger charge is 2.33. The fraction of sp³-hybridized carbons (Fsp3) is 0.227. The number of amides is 2. The third-order valence-electron chi connectivity index (χ3n) is 4.95. The number of nitriles is 1. The Morgan fingerprint density at radius 2 is 1.93 bits per heavy atom. The van der Waals surface area contributed by atoms with Crippen LogP contribution >= 0.6 is 23.2 Å². The van der Waals surface area contributed by atoms with Gasteiger partial charge in [0.15, 0.2) is 0 Å². The SMILES string of the molecule is C=CC(=O)N1CCN(C(=O)c2cc(-c3ccc(Cl)cc3)c(Cl)cc2OC)CC1C#N. The van der Waals surface area contributed by atoms with Crippen LogP contribution in [0, 0.1) is 11.3 Å². The second kappa shape index (κ2) is 9.21. The maximum absolute atomic E-state index is 13.3. The van der Waals surface area contributed by atoms with Gasteiger partial charge in [0.25, 0.3) is 5.91 Å². The van der Waals surface area contributed by atoms with Gasteiger partial charge in [-0.25, -0.2) is 0 Å². The number of halogens is 2. The Kier molecular flexibility index (Phi) is 6.66. The number of carbonyl (C=O) groups is 2. The zero-order valence-corrected chi connectivity index (χ0v) is 17.8. The van der Waals surface area contributed by atoms with E-state index in [1.165, 1.54) is 23.0 Å². The number of benzene rings is 2. The van der Waals surface area contributed by atoms with E-state index in [0.717, 1.165) is 5.56 Å². The molecule has 0 aromatic heterocycles. The molecular formula is C22H19Cl2N3O3. The predicted molar refractivity (Wildman–Crippen MR) is 116 cm³/mol. The van der Waals surface area contributed by atoms with Crippen molar-refractivity contribution in [1.29, 1.82) is 5.26 Å². The summed E-state index contributed by atoms with van der Waals surface area (Å²) >= 11 is 12.4. The van der Waals surface area contributed by atoms with E-state index in [9.17, 15) is 14.9 Å². The van der Waals surface area contributed by atoms with Crippen LogP contribution in [0.2, 0.25) is 10.0 Å². The van der Waals surface area contributed by atoms with Crippen molar-refractivity contribution in [2.75, 3.05) is 26.7 Å². The predicted octanol–water partition coefficient (Wildman–Crippen LogP) is 4.03. The Balaban J connectivity index is 1.94. The van der Waals surface area contributed by atoms with Gasteiger partial charge in [0, 0.05) is 29.7 Å². The first-order valence-electron chi connectivity index (χ1n) is 9.15. The molecule has 8 heteroatoms. The minimum atomic E-state index is -0.748. The molecule has 154 valence electrons. The van der Waals surface area contributed by atoms with Crippen molar-refractivity contribution in [3.63, 3.8) is 0 Å². The topological polar surface area (TPSA) is 73.6 Å². The molecule has 1 atom stereocenters. The maximum atomic E-state index is 13.3. The number of piperazine rings is 1. The molecule has 1 unspecified atom stereocenters. The van der Waals surface area contributed by atoms with Crippen molar-refractivity contribution < 1.29 is 14.3 Å². The Bertz CT molecular complexity index is 1030. The number of rotatable bonds is 4. The van der Waals surface area contributed by atoms with Crippen LogP contribution in [0.15, 0.2) is 49.1 Å². The molecule has 1 saturated heterocycles. The molecule has 1 aliphatic rings. The summed E-state index contributed by atoms with van der Waals surface area (Å²) in [5, 5.41) is 10.5. The molecule has 0 N–H and O–H groups in total. The standard InChI is InChI=1S/C22H19Cl2N3O3/c1-3-21(28)27-9-8-26(13-16(27)12-25)22(29)18-10-17(19(24)11-20(18)30-2)14-4-6-15(23)7-5-14/h3-7,10-11,16H,1,8-9,13H2,2H3. The number of ether oxygens (including phenoxy) is 1. The van der Waals surface area contributed by atoms with E-state index in [-0.39, 0.29) is 24.9 Å². The first-order chi connectivity index (χ1) is 14.4. The maximum Gasteiger partial charge on any atom is 0.257 e. The van der Waals surface area contributed by atoms with Crippen LogP contribution in [-0.2, 0) is 4.79 Å². The van der Waals surface area contributed by atoms with Crippen molar-refractivity contribution >= 4 is 35.0 Å². The molecule has 1 heterocycles. The summed E-state index contributed by atoms with van der Waals surface area (Å²) in [7, 11) is 1.46. The molecule has 6 nitrogen and oxygen atoms in total. The second-order valence-corrected chi connectivity index (χ2v) is 7.51. The molecule has 0 aliphatic carbocycles. The summed E-state index contributed by atoms with van der Waals surface area (Å²) in [6.45, 7) is 4.09. The van der Waals surface area contributed by atoms with Crippen molar-refractivity contribution in [2.45, 2.75) is 6.04 Å². The molecule has 0 spiro atoms. The van der Waals surface area contributed by atoms with Gasteiger partial charge in [-0.15, -0.1) is 0 Å². The van der Waals surface area contributed by atoms with E-state index in [1.807, 2.05) is 12.1 Å². The van der Waals surface area contributed by atoms with Crippen molar-refractivity contribution in [3.8, 4) is 22.9 Å². The minimum absolute atomic E-state index is 0.0942. The molecular weight excluding hydrogens is 425 g/mol. The van der Waals surface area contributed by atoms with Gasteiger partial charge in [-0.05, 0) is 29.8 Å². The molecule has 3 rings (SSSR count). The molecule has 2 amide bonds. The van der Waals surface area contributed by atoms with E-state index in [1.54, 1.807) is 24.3 Å². The molecule has 0 radical (unpaired) electrons. The van der Waals surface area contributed by atoms with Gasteiger partial charge in [-0.3, -0.25) is 9.59 Å². The number of methoxy groups -OCH3 is 1. The first-order valence-corrected chi connectivity index (χ1v) is 9.90. The fourth-order valence-electron chi connectivity index (χ4n) is 3.37. The van der Waals surface area contributed by atoms with E-state index < -0.39 is 6.04 Å². The second-order valence-electron chi connectivity index (χ2n) is 6.67. The largest absolute Gasteiger partial charge is 0.496 e. The highest BCUT2D eigenvalue weighted by Crippen LogP contribution is 2.35. The number of hydrogen-bond donors (Lipinski definition) is 0. The monoisotopic (exact) mass is 443 g/mol. The average molecular weight is 444 g/mol. The van der Waals surface area contributed by atoms with Gasteiger partial charge >= 0.3 is 0 Å². The summed E-state index contributed by atoms with van der Waals surface area (Å²) in [5.41, 5.74) is 1.79. The van der Waals surface area contributed by atoms with E-state index >= 15 is 0 Å². The van der Waals surface area contributed by atoms with Crippen LogP contribution < -0.4 is 4.74 Å². The van der Waals surface area contributed by atoms with Crippen LogP contribution in [-0.4, -0.2) is 54.4 Å². The lowest BCUT2D eigenvalue weighted by Gasteiger charge is -2.38. The summed E-state index contributed by atoms with van der Waals surface area (Å²) in [6, 6.07) is 11.7. The van der Waals surface area contributed by atoms with Gasteiger partial charge in [-0.2, -0.15) is 5.26 Å². The van der Waals surface area contributed by atoms with Gasteiger partial charge in [0.05, 0.1) is 30.3 Å². The fourth-order valence-corrected chi connectivity index (χ4v) is 3.76. The van der Waals surface area contributed by atoms with Gasteiger partial charge in [0.1, 0.15) is 11.8 Å². The number of carbonyl (C=O) groups excluding carboxylic acids is 2. The van der Waals surface area contributed by atoms with Crippen LogP contribution in [0.3, 0.4) is 0 Å². The lowest BCUT2D eigenvalue weighted by atomic mass is 10.0. The summed E-state index contributed by atoms with van der Waals surface area (Å²) in [4.78, 5) is 28.2. The minimum Gasteiger partial charge on any atom is -0.496 e. The molecule has 0 saturated carbocycles. The average Bonchev–Trinajstić information content (AvgIpc) is 2.78. The first kappa shape index (κ1) is 21.7. The van der Waals surface area contributed by atoms with Gasteiger partial charge < -0.3 is 14.5 Å². The molecule has 0 bridgehead atoms. The van der Waals surface area contributed by atoms with Crippen molar-refractivity contribution in [1.82, 2.24) is 9.80 Å². The van der Waals surface area contributed by atoms with Crippen LogP contribution in [0.25, 0.3) is 11.1 Å². The lowest BCUT2D eigenvalue weighted by Crippen LogP contribution is -2.55. The number of nitrogens with zero attached hydrogens (tertiary/aromatic N) is 3. The Labute approximate surface area is 184 Å². The lowest BCUT2D eigenvalue weighted by molar-refractivity contribution is -0.129. The van der Waals surface area contributed by atoms with Crippen LogP contribution in [0.1, 0.15) is 10.4 Å². The summed E-state index contributed by atoms with van der Waals surface area (Å²) in [5.74, 6) is -0.298. The normalized spacial score (nSPS) is 16.0. The van der Waals surface area contributed by atoms with Gasteiger partial charge in [0.2, 0.25) is 5.91 Å². The quantitative estimate of drug-likeness (QED) is 0.668. The van der Waals surface area contributed by atoms with Crippen LogP contribution in [0.4, 0.5) is 0 Å². The zero-order valence-electron chi connectivity index (χ0n) is 16.3.